The highest BCUT2D eigenvalue weighted by molar-refractivity contribution is 9.10. The van der Waals surface area contributed by atoms with E-state index in [0.29, 0.717) is 17.3 Å². The van der Waals surface area contributed by atoms with Gasteiger partial charge in [-0.05, 0) is 31.9 Å². The number of hydrogen-bond acceptors (Lipinski definition) is 3. The van der Waals surface area contributed by atoms with E-state index in [2.05, 4.69) is 26.2 Å². The summed E-state index contributed by atoms with van der Waals surface area (Å²) in [6.07, 6.45) is 0.749. The van der Waals surface area contributed by atoms with E-state index in [9.17, 15) is 4.79 Å². The minimum Gasteiger partial charge on any atom is -0.436 e. The molecule has 1 heterocycles. The van der Waals surface area contributed by atoms with E-state index in [1.54, 1.807) is 13.8 Å². The van der Waals surface area contributed by atoms with Gasteiger partial charge < -0.3 is 9.73 Å². The van der Waals surface area contributed by atoms with E-state index in [1.807, 2.05) is 31.2 Å². The number of nitrogens with zero attached hydrogens (tertiary/aromatic N) is 1. The predicted octanol–water partition coefficient (Wildman–Crippen LogP) is 3.41. The normalized spacial score (nSPS) is 12.2. The molecule has 0 aliphatic carbocycles. The smallest absolute Gasteiger partial charge is 0.289 e. The lowest BCUT2D eigenvalue weighted by Crippen LogP contribution is -2.34. The third-order valence-electron chi connectivity index (χ3n) is 2.97. The van der Waals surface area contributed by atoms with E-state index in [-0.39, 0.29) is 11.9 Å². The molecule has 0 spiro atoms. The first kappa shape index (κ1) is 14.8. The number of aromatic nitrogens is 1. The number of oxazole rings is 1. The monoisotopic (exact) mass is 336 g/mol. The van der Waals surface area contributed by atoms with Gasteiger partial charge in [-0.2, -0.15) is 0 Å². The number of carbonyl (C=O) groups is 1. The van der Waals surface area contributed by atoms with Gasteiger partial charge in [-0.3, -0.25) is 4.79 Å². The molecule has 1 N–H and O–H groups in total. The van der Waals surface area contributed by atoms with Gasteiger partial charge in [0.1, 0.15) is 0 Å². The Morgan fingerprint density at radius 2 is 2.10 bits per heavy atom. The van der Waals surface area contributed by atoms with Crippen molar-refractivity contribution in [2.24, 2.45) is 0 Å². The van der Waals surface area contributed by atoms with E-state index in [4.69, 9.17) is 4.42 Å². The van der Waals surface area contributed by atoms with Crippen LogP contribution >= 0.6 is 15.9 Å². The molecule has 1 amide bonds. The maximum Gasteiger partial charge on any atom is 0.289 e. The molecule has 0 saturated carbocycles. The van der Waals surface area contributed by atoms with Crippen molar-refractivity contribution in [3.63, 3.8) is 0 Å². The number of carbonyl (C=O) groups excluding carboxylic acids is 1. The van der Waals surface area contributed by atoms with Crippen molar-refractivity contribution in [3.05, 3.63) is 51.6 Å². The first-order chi connectivity index (χ1) is 9.47. The summed E-state index contributed by atoms with van der Waals surface area (Å²) in [5.41, 5.74) is 1.78. The maximum absolute atomic E-state index is 12.1. The molecule has 0 radical (unpaired) electrons. The fourth-order valence-corrected chi connectivity index (χ4v) is 2.52. The van der Waals surface area contributed by atoms with E-state index >= 15 is 0 Å². The van der Waals surface area contributed by atoms with Crippen LogP contribution in [-0.2, 0) is 6.42 Å². The lowest BCUT2D eigenvalue weighted by Gasteiger charge is -2.14. The molecule has 5 heteroatoms. The molecule has 2 aromatic rings. The highest BCUT2D eigenvalue weighted by atomic mass is 79.9. The molecule has 1 atom stereocenters. The van der Waals surface area contributed by atoms with Crippen LogP contribution in [0.5, 0.6) is 0 Å². The van der Waals surface area contributed by atoms with E-state index in [1.165, 1.54) is 0 Å². The summed E-state index contributed by atoms with van der Waals surface area (Å²) in [5, 5.41) is 2.93. The van der Waals surface area contributed by atoms with Crippen LogP contribution in [0.2, 0.25) is 0 Å². The molecule has 2 rings (SSSR count). The van der Waals surface area contributed by atoms with Crippen LogP contribution in [0.3, 0.4) is 0 Å². The molecule has 0 unspecified atom stereocenters. The highest BCUT2D eigenvalue weighted by Gasteiger charge is 2.18. The number of amides is 1. The molecule has 0 bridgehead atoms. The number of rotatable bonds is 4. The standard InChI is InChI=1S/C15H17BrN2O2/c1-9(8-12-6-4-5-7-13(12)16)17-15(19)14-10(2)18-11(3)20-14/h4-7,9H,8H2,1-3H3,(H,17,19)/t9-/m0/s1. The largest absolute Gasteiger partial charge is 0.436 e. The summed E-state index contributed by atoms with van der Waals surface area (Å²) in [4.78, 5) is 16.2. The van der Waals surface area contributed by atoms with E-state index < -0.39 is 0 Å². The SMILES string of the molecule is Cc1nc(C)c(C(=O)N[C@@H](C)Cc2ccccc2Br)o1. The van der Waals surface area contributed by atoms with Gasteiger partial charge in [0.15, 0.2) is 5.89 Å². The lowest BCUT2D eigenvalue weighted by molar-refractivity contribution is 0.0910. The highest BCUT2D eigenvalue weighted by Crippen LogP contribution is 2.17. The second kappa shape index (κ2) is 6.22. The summed E-state index contributed by atoms with van der Waals surface area (Å²) >= 11 is 3.51. The van der Waals surface area contributed by atoms with Gasteiger partial charge in [-0.1, -0.05) is 34.1 Å². The Kier molecular flexibility index (Phi) is 4.60. The quantitative estimate of drug-likeness (QED) is 0.930. The van der Waals surface area contributed by atoms with Crippen molar-refractivity contribution in [2.75, 3.05) is 0 Å². The molecule has 1 aromatic heterocycles. The summed E-state index contributed by atoms with van der Waals surface area (Å²) in [7, 11) is 0. The minimum absolute atomic E-state index is 0.00556. The average Bonchev–Trinajstić information content (AvgIpc) is 2.71. The Bertz CT molecular complexity index is 622. The molecule has 0 saturated heterocycles. The van der Waals surface area contributed by atoms with Gasteiger partial charge in [0.2, 0.25) is 5.76 Å². The van der Waals surface area contributed by atoms with Crippen molar-refractivity contribution in [2.45, 2.75) is 33.2 Å². The molecule has 0 fully saturated rings. The number of halogens is 1. The number of aryl methyl sites for hydroxylation is 2. The minimum atomic E-state index is -0.220. The van der Waals surface area contributed by atoms with Crippen LogP contribution in [0.4, 0.5) is 0 Å². The summed E-state index contributed by atoms with van der Waals surface area (Å²) in [6.45, 7) is 5.47. The summed E-state index contributed by atoms with van der Waals surface area (Å²) in [6, 6.07) is 7.99. The third kappa shape index (κ3) is 3.48. The van der Waals surface area contributed by atoms with Crippen molar-refractivity contribution >= 4 is 21.8 Å². The second-order valence-corrected chi connectivity index (χ2v) is 5.67. The predicted molar refractivity (Wildman–Crippen MR) is 80.8 cm³/mol. The van der Waals surface area contributed by atoms with Gasteiger partial charge >= 0.3 is 0 Å². The zero-order valence-electron chi connectivity index (χ0n) is 11.7. The third-order valence-corrected chi connectivity index (χ3v) is 3.74. The molecule has 1 aromatic carbocycles. The Morgan fingerprint density at radius 1 is 1.40 bits per heavy atom. The van der Waals surface area contributed by atoms with Crippen molar-refractivity contribution < 1.29 is 9.21 Å². The number of nitrogens with one attached hydrogen (secondary N) is 1. The summed E-state index contributed by atoms with van der Waals surface area (Å²) < 4.78 is 6.37. The zero-order chi connectivity index (χ0) is 14.7. The van der Waals surface area contributed by atoms with Crippen molar-refractivity contribution in [3.8, 4) is 0 Å². The first-order valence-corrected chi connectivity index (χ1v) is 7.25. The summed E-state index contributed by atoms with van der Waals surface area (Å²) in [5.74, 6) is 0.579. The number of benzene rings is 1. The van der Waals surface area contributed by atoms with Gasteiger partial charge in [-0.25, -0.2) is 4.98 Å². The van der Waals surface area contributed by atoms with Crippen molar-refractivity contribution in [1.82, 2.24) is 10.3 Å². The van der Waals surface area contributed by atoms with Gasteiger partial charge in [0.05, 0.1) is 5.69 Å². The van der Waals surface area contributed by atoms with Crippen LogP contribution in [-0.4, -0.2) is 16.9 Å². The van der Waals surface area contributed by atoms with Gasteiger partial charge in [0, 0.05) is 17.4 Å². The second-order valence-electron chi connectivity index (χ2n) is 4.82. The van der Waals surface area contributed by atoms with Gasteiger partial charge in [0.25, 0.3) is 5.91 Å². The average molecular weight is 337 g/mol. The Labute approximate surface area is 126 Å². The molecule has 0 aliphatic heterocycles. The lowest BCUT2D eigenvalue weighted by atomic mass is 10.1. The zero-order valence-corrected chi connectivity index (χ0v) is 13.3. The van der Waals surface area contributed by atoms with Crippen LogP contribution in [0.1, 0.15) is 34.6 Å². The van der Waals surface area contributed by atoms with E-state index in [0.717, 1.165) is 16.5 Å². The van der Waals surface area contributed by atoms with Gasteiger partial charge in [-0.15, -0.1) is 0 Å². The first-order valence-electron chi connectivity index (χ1n) is 6.45. The topological polar surface area (TPSA) is 55.1 Å². The Morgan fingerprint density at radius 3 is 2.70 bits per heavy atom. The van der Waals surface area contributed by atoms with Crippen LogP contribution in [0.25, 0.3) is 0 Å². The van der Waals surface area contributed by atoms with Crippen LogP contribution in [0.15, 0.2) is 33.2 Å². The molecule has 20 heavy (non-hydrogen) atoms. The molecular formula is C15H17BrN2O2. The fraction of sp³-hybridized carbons (Fsp3) is 0.333. The molecular weight excluding hydrogens is 320 g/mol. The molecule has 4 nitrogen and oxygen atoms in total. The number of hydrogen-bond donors (Lipinski definition) is 1. The Balaban J connectivity index is 2.01. The fourth-order valence-electron chi connectivity index (χ4n) is 2.08. The van der Waals surface area contributed by atoms with Crippen LogP contribution in [0, 0.1) is 13.8 Å². The molecule has 0 aliphatic rings. The van der Waals surface area contributed by atoms with Crippen molar-refractivity contribution in [1.29, 1.82) is 0 Å². The van der Waals surface area contributed by atoms with Crippen LogP contribution < -0.4 is 5.32 Å². The Hall–Kier alpha value is -1.62. The maximum atomic E-state index is 12.1. The molecule has 106 valence electrons.